The van der Waals surface area contributed by atoms with Crippen molar-refractivity contribution < 1.29 is 9.47 Å². The molecule has 0 spiro atoms. The van der Waals surface area contributed by atoms with Gasteiger partial charge in [0, 0.05) is 20.1 Å². The summed E-state index contributed by atoms with van der Waals surface area (Å²) in [6, 6.07) is 3.97. The lowest BCUT2D eigenvalue weighted by Gasteiger charge is -2.15. The van der Waals surface area contributed by atoms with E-state index in [1.807, 2.05) is 12.1 Å². The van der Waals surface area contributed by atoms with Gasteiger partial charge < -0.3 is 20.1 Å². The number of nitrogens with one attached hydrogen (secondary N) is 2. The van der Waals surface area contributed by atoms with Crippen LogP contribution in [0.4, 0.5) is 0 Å². The van der Waals surface area contributed by atoms with E-state index in [2.05, 4.69) is 45.4 Å². The molecule has 132 valence electrons. The molecule has 0 aromatic heterocycles. The quantitative estimate of drug-likeness (QED) is 0.340. The van der Waals surface area contributed by atoms with Crippen molar-refractivity contribution in [2.24, 2.45) is 10.9 Å². The van der Waals surface area contributed by atoms with Gasteiger partial charge >= 0.3 is 0 Å². The van der Waals surface area contributed by atoms with Gasteiger partial charge in [0.1, 0.15) is 0 Å². The Morgan fingerprint density at radius 1 is 1.22 bits per heavy atom. The molecule has 7 heteroatoms. The minimum atomic E-state index is 0. The number of rotatable bonds is 7. The largest absolute Gasteiger partial charge is 0.493 e. The molecule has 1 aromatic rings. The van der Waals surface area contributed by atoms with Crippen molar-refractivity contribution in [3.8, 4) is 11.5 Å². The molecule has 2 N–H and O–H groups in total. The van der Waals surface area contributed by atoms with E-state index >= 15 is 0 Å². The van der Waals surface area contributed by atoms with Gasteiger partial charge in [-0.15, -0.1) is 24.0 Å². The van der Waals surface area contributed by atoms with Gasteiger partial charge in [0.25, 0.3) is 0 Å². The Morgan fingerprint density at radius 3 is 2.43 bits per heavy atom. The molecule has 1 rings (SSSR count). The maximum Gasteiger partial charge on any atom is 0.191 e. The second-order valence-corrected chi connectivity index (χ2v) is 6.20. The summed E-state index contributed by atoms with van der Waals surface area (Å²) in [5.74, 6) is 2.88. The summed E-state index contributed by atoms with van der Waals surface area (Å²) < 4.78 is 11.5. The molecule has 0 bridgehead atoms. The van der Waals surface area contributed by atoms with Crippen molar-refractivity contribution in [2.75, 3.05) is 27.8 Å². The van der Waals surface area contributed by atoms with Crippen molar-refractivity contribution in [1.82, 2.24) is 10.6 Å². The fourth-order valence-corrected chi connectivity index (χ4v) is 2.61. The highest BCUT2D eigenvalue weighted by molar-refractivity contribution is 14.0. The Morgan fingerprint density at radius 2 is 1.91 bits per heavy atom. The number of ether oxygens (including phenoxy) is 2. The van der Waals surface area contributed by atoms with Crippen LogP contribution in [0, 0.1) is 5.92 Å². The van der Waals surface area contributed by atoms with E-state index in [-0.39, 0.29) is 24.0 Å². The second kappa shape index (κ2) is 11.8. The zero-order valence-corrected chi connectivity index (χ0v) is 18.3. The predicted octanol–water partition coefficient (Wildman–Crippen LogP) is 3.80. The second-order valence-electron chi connectivity index (χ2n) is 5.35. The van der Waals surface area contributed by atoms with E-state index in [0.29, 0.717) is 24.0 Å². The van der Waals surface area contributed by atoms with Crippen LogP contribution in [0.25, 0.3) is 0 Å². The molecule has 0 aliphatic carbocycles. The van der Waals surface area contributed by atoms with Gasteiger partial charge in [-0.2, -0.15) is 0 Å². The molecular weight excluding hydrogens is 473 g/mol. The molecule has 0 saturated heterocycles. The molecular formula is C16H27BrIN3O2. The molecule has 1 aromatic carbocycles. The van der Waals surface area contributed by atoms with Crippen LogP contribution in [-0.2, 0) is 6.54 Å². The Bertz CT molecular complexity index is 510. The van der Waals surface area contributed by atoms with Crippen molar-refractivity contribution in [3.05, 3.63) is 22.2 Å². The number of hydrogen-bond acceptors (Lipinski definition) is 3. The van der Waals surface area contributed by atoms with E-state index in [1.54, 1.807) is 21.3 Å². The number of guanidine groups is 1. The highest BCUT2D eigenvalue weighted by Gasteiger charge is 2.10. The maximum absolute atomic E-state index is 5.35. The fourth-order valence-electron chi connectivity index (χ4n) is 1.96. The number of nitrogens with zero attached hydrogens (tertiary/aromatic N) is 1. The smallest absolute Gasteiger partial charge is 0.191 e. The molecule has 0 fully saturated rings. The minimum Gasteiger partial charge on any atom is -0.493 e. The lowest BCUT2D eigenvalue weighted by molar-refractivity contribution is 0.352. The van der Waals surface area contributed by atoms with Crippen LogP contribution in [0.1, 0.15) is 25.8 Å². The zero-order chi connectivity index (χ0) is 16.5. The average molecular weight is 500 g/mol. The average Bonchev–Trinajstić information content (AvgIpc) is 2.49. The summed E-state index contributed by atoms with van der Waals surface area (Å²) in [6.45, 7) is 5.98. The van der Waals surface area contributed by atoms with Gasteiger partial charge in [0.15, 0.2) is 17.5 Å². The monoisotopic (exact) mass is 499 g/mol. The van der Waals surface area contributed by atoms with Crippen LogP contribution >= 0.6 is 39.9 Å². The first kappa shape index (κ1) is 22.3. The number of halogens is 2. The van der Waals surface area contributed by atoms with Gasteiger partial charge in [-0.25, -0.2) is 0 Å². The highest BCUT2D eigenvalue weighted by Crippen LogP contribution is 2.36. The molecule has 0 atom stereocenters. The van der Waals surface area contributed by atoms with Gasteiger partial charge in [0.05, 0.1) is 18.7 Å². The normalized spacial score (nSPS) is 11.0. The summed E-state index contributed by atoms with van der Waals surface area (Å²) in [5.41, 5.74) is 1.08. The van der Waals surface area contributed by atoms with Crippen LogP contribution in [-0.4, -0.2) is 33.8 Å². The molecule has 0 aliphatic rings. The lowest BCUT2D eigenvalue weighted by atomic mass is 10.1. The van der Waals surface area contributed by atoms with E-state index in [4.69, 9.17) is 9.47 Å². The standard InChI is InChI=1S/C16H26BrN3O2.HI/c1-11(2)6-7-19-16(18-3)20-10-12-8-13(17)15(22-5)14(9-12)21-4;/h8-9,11H,6-7,10H2,1-5H3,(H2,18,19,20);1H. The Kier molecular flexibility index (Phi) is 11.4. The number of benzene rings is 1. The number of aliphatic imine (C=N–C) groups is 1. The zero-order valence-electron chi connectivity index (χ0n) is 14.4. The predicted molar refractivity (Wildman–Crippen MR) is 110 cm³/mol. The van der Waals surface area contributed by atoms with Crippen molar-refractivity contribution in [3.63, 3.8) is 0 Å². The van der Waals surface area contributed by atoms with Crippen LogP contribution in [0.2, 0.25) is 0 Å². The van der Waals surface area contributed by atoms with Crippen LogP contribution in [0.5, 0.6) is 11.5 Å². The van der Waals surface area contributed by atoms with Gasteiger partial charge in [-0.05, 0) is 46.0 Å². The summed E-state index contributed by atoms with van der Waals surface area (Å²) in [4.78, 5) is 4.23. The van der Waals surface area contributed by atoms with Crippen LogP contribution < -0.4 is 20.1 Å². The molecule has 23 heavy (non-hydrogen) atoms. The third kappa shape index (κ3) is 7.60. The number of hydrogen-bond donors (Lipinski definition) is 2. The van der Waals surface area contributed by atoms with Gasteiger partial charge in [0.2, 0.25) is 0 Å². The molecule has 0 saturated carbocycles. The molecule has 0 amide bonds. The van der Waals surface area contributed by atoms with Crippen molar-refractivity contribution in [1.29, 1.82) is 0 Å². The van der Waals surface area contributed by atoms with Crippen molar-refractivity contribution in [2.45, 2.75) is 26.8 Å². The molecule has 5 nitrogen and oxygen atoms in total. The Labute approximate surface area is 164 Å². The van der Waals surface area contributed by atoms with Gasteiger partial charge in [-0.1, -0.05) is 13.8 Å². The number of methoxy groups -OCH3 is 2. The third-order valence-corrected chi connectivity index (χ3v) is 3.78. The SMILES string of the molecule is CN=C(NCCC(C)C)NCc1cc(Br)c(OC)c(OC)c1.I. The first-order valence-corrected chi connectivity index (χ1v) is 8.16. The highest BCUT2D eigenvalue weighted by atomic mass is 127. The van der Waals surface area contributed by atoms with Crippen LogP contribution in [0.15, 0.2) is 21.6 Å². The molecule has 0 heterocycles. The van der Waals surface area contributed by atoms with E-state index in [9.17, 15) is 0 Å². The Balaban J connectivity index is 0.00000484. The third-order valence-electron chi connectivity index (χ3n) is 3.19. The van der Waals surface area contributed by atoms with E-state index in [0.717, 1.165) is 29.0 Å². The molecule has 0 unspecified atom stereocenters. The maximum atomic E-state index is 5.35. The fraction of sp³-hybridized carbons (Fsp3) is 0.562. The Hall–Kier alpha value is -0.700. The van der Waals surface area contributed by atoms with E-state index < -0.39 is 0 Å². The minimum absolute atomic E-state index is 0. The topological polar surface area (TPSA) is 54.9 Å². The lowest BCUT2D eigenvalue weighted by Crippen LogP contribution is -2.37. The van der Waals surface area contributed by atoms with E-state index in [1.165, 1.54) is 0 Å². The first-order chi connectivity index (χ1) is 10.5. The molecule has 0 radical (unpaired) electrons. The molecule has 0 aliphatic heterocycles. The summed E-state index contributed by atoms with van der Waals surface area (Å²) >= 11 is 3.50. The first-order valence-electron chi connectivity index (χ1n) is 7.36. The summed E-state index contributed by atoms with van der Waals surface area (Å²) in [6.07, 6.45) is 1.11. The van der Waals surface area contributed by atoms with Gasteiger partial charge in [-0.3, -0.25) is 4.99 Å². The van der Waals surface area contributed by atoms with Crippen LogP contribution in [0.3, 0.4) is 0 Å². The summed E-state index contributed by atoms with van der Waals surface area (Å²) in [5, 5.41) is 6.61. The van der Waals surface area contributed by atoms with Crippen molar-refractivity contribution >= 4 is 45.9 Å². The summed E-state index contributed by atoms with van der Waals surface area (Å²) in [7, 11) is 5.03.